The minimum absolute atomic E-state index is 0.0170. The maximum absolute atomic E-state index is 12.8. The molecule has 0 bridgehead atoms. The van der Waals surface area contributed by atoms with Crippen molar-refractivity contribution in [1.82, 2.24) is 29.8 Å². The summed E-state index contributed by atoms with van der Waals surface area (Å²) in [4.78, 5) is 19.6. The molecule has 13 heteroatoms. The zero-order chi connectivity index (χ0) is 21.5. The van der Waals surface area contributed by atoms with Crippen LogP contribution >= 0.6 is 0 Å². The summed E-state index contributed by atoms with van der Waals surface area (Å²) < 4.78 is 17.2. The molecule has 0 spiro atoms. The van der Waals surface area contributed by atoms with Crippen molar-refractivity contribution in [3.63, 3.8) is 0 Å². The van der Waals surface area contributed by atoms with Crippen LogP contribution in [0.1, 0.15) is 17.5 Å². The highest BCUT2D eigenvalue weighted by molar-refractivity contribution is 5.54. The van der Waals surface area contributed by atoms with E-state index in [9.17, 15) is 15.0 Å². The quantitative estimate of drug-likeness (QED) is 0.508. The Balaban J connectivity index is 1.31. The second kappa shape index (κ2) is 7.52. The summed E-state index contributed by atoms with van der Waals surface area (Å²) in [6.45, 7) is 0.262. The zero-order valence-corrected chi connectivity index (χ0v) is 16.5. The lowest BCUT2D eigenvalue weighted by Crippen LogP contribution is -2.44. The molecule has 0 fully saturated rings. The lowest BCUT2D eigenvalue weighted by atomic mass is 10.1. The summed E-state index contributed by atoms with van der Waals surface area (Å²) in [6, 6.07) is 5.17. The van der Waals surface area contributed by atoms with Gasteiger partial charge in [-0.3, -0.25) is 9.36 Å². The highest BCUT2D eigenvalue weighted by Gasteiger charge is 2.28. The maximum Gasteiger partial charge on any atom is 0.281 e. The Morgan fingerprint density at radius 1 is 1.26 bits per heavy atom. The molecule has 1 unspecified atom stereocenters. The molecule has 4 heterocycles. The van der Waals surface area contributed by atoms with Crippen molar-refractivity contribution in [2.24, 2.45) is 0 Å². The molecule has 162 valence electrons. The number of aromatic nitrogens is 6. The first-order valence-corrected chi connectivity index (χ1v) is 9.47. The Bertz CT molecular complexity index is 1180. The van der Waals surface area contributed by atoms with E-state index in [1.54, 1.807) is 25.2 Å². The minimum atomic E-state index is -0.936. The molecule has 1 aromatic carbocycles. The fourth-order valence-corrected chi connectivity index (χ4v) is 3.35. The first-order chi connectivity index (χ1) is 15.0. The molecule has 2 N–H and O–H groups in total. The van der Waals surface area contributed by atoms with E-state index in [2.05, 4.69) is 20.4 Å². The van der Waals surface area contributed by atoms with Crippen LogP contribution in [0.4, 0.5) is 5.69 Å². The van der Waals surface area contributed by atoms with Gasteiger partial charge in [0, 0.05) is 7.05 Å². The van der Waals surface area contributed by atoms with Crippen LogP contribution in [0.25, 0.3) is 0 Å². The number of aliphatic hydroxyl groups excluding tert-OH is 2. The summed E-state index contributed by atoms with van der Waals surface area (Å²) >= 11 is 0. The van der Waals surface area contributed by atoms with Crippen LogP contribution in [0.5, 0.6) is 17.4 Å². The van der Waals surface area contributed by atoms with Crippen molar-refractivity contribution in [3.8, 4) is 17.4 Å². The van der Waals surface area contributed by atoms with Gasteiger partial charge in [0.1, 0.15) is 19.0 Å². The normalized spacial score (nSPS) is 17.9. The Kier molecular flexibility index (Phi) is 4.67. The third-order valence-electron chi connectivity index (χ3n) is 5.07. The lowest BCUT2D eigenvalue weighted by Gasteiger charge is -2.30. The number of aliphatic hydroxyl groups is 2. The molecule has 2 atom stereocenters. The van der Waals surface area contributed by atoms with Gasteiger partial charge in [-0.2, -0.15) is 4.80 Å². The van der Waals surface area contributed by atoms with Gasteiger partial charge in [0.2, 0.25) is 12.7 Å². The van der Waals surface area contributed by atoms with Gasteiger partial charge in [0.25, 0.3) is 5.56 Å². The number of tetrazole rings is 1. The number of ether oxygens (including phenoxy) is 3. The Labute approximate surface area is 175 Å². The average molecular weight is 429 g/mol. The molecule has 0 saturated heterocycles. The average Bonchev–Trinajstić information content (AvgIpc) is 3.41. The number of hydrogen-bond donors (Lipinski definition) is 2. The van der Waals surface area contributed by atoms with E-state index in [0.29, 0.717) is 17.1 Å². The molecule has 3 aromatic rings. The predicted octanol–water partition coefficient (Wildman–Crippen LogP) is -1.11. The van der Waals surface area contributed by atoms with E-state index in [0.717, 1.165) is 0 Å². The SMILES string of the molecule is CN1c2c(ncn(Cc3nnn(C[C@H](O)c4ccc5c(c4)OCO5)n3)c2=O)OCC1O. The number of anilines is 1. The Morgan fingerprint density at radius 3 is 2.97 bits per heavy atom. The molecule has 2 aliphatic heterocycles. The van der Waals surface area contributed by atoms with E-state index in [4.69, 9.17) is 14.2 Å². The van der Waals surface area contributed by atoms with Crippen molar-refractivity contribution in [3.05, 3.63) is 46.3 Å². The zero-order valence-electron chi connectivity index (χ0n) is 16.5. The van der Waals surface area contributed by atoms with E-state index < -0.39 is 17.9 Å². The van der Waals surface area contributed by atoms with Crippen LogP contribution in [0.15, 0.2) is 29.3 Å². The van der Waals surface area contributed by atoms with Gasteiger partial charge in [0.05, 0.1) is 13.1 Å². The van der Waals surface area contributed by atoms with E-state index in [1.165, 1.54) is 20.6 Å². The Hall–Kier alpha value is -3.71. The number of benzene rings is 1. The fourth-order valence-electron chi connectivity index (χ4n) is 3.35. The number of rotatable bonds is 5. The second-order valence-corrected chi connectivity index (χ2v) is 7.12. The van der Waals surface area contributed by atoms with Crippen LogP contribution in [0.3, 0.4) is 0 Å². The van der Waals surface area contributed by atoms with Crippen LogP contribution < -0.4 is 24.7 Å². The highest BCUT2D eigenvalue weighted by Crippen LogP contribution is 2.34. The monoisotopic (exact) mass is 429 g/mol. The molecule has 0 amide bonds. The molecule has 0 saturated carbocycles. The van der Waals surface area contributed by atoms with Crippen molar-refractivity contribution in [2.75, 3.05) is 25.3 Å². The van der Waals surface area contributed by atoms with Crippen molar-refractivity contribution < 1.29 is 24.4 Å². The summed E-state index contributed by atoms with van der Waals surface area (Å²) in [7, 11) is 1.59. The topological polar surface area (TPSA) is 150 Å². The van der Waals surface area contributed by atoms with Crippen LogP contribution in [0.2, 0.25) is 0 Å². The van der Waals surface area contributed by atoms with Gasteiger partial charge >= 0.3 is 0 Å². The third-order valence-corrected chi connectivity index (χ3v) is 5.07. The first-order valence-electron chi connectivity index (χ1n) is 9.47. The molecular formula is C18H19N7O6. The number of nitrogens with zero attached hydrogens (tertiary/aromatic N) is 7. The molecular weight excluding hydrogens is 410 g/mol. The number of likely N-dealkylation sites (N-methyl/N-ethyl adjacent to an activating group) is 1. The van der Waals surface area contributed by atoms with Gasteiger partial charge in [0.15, 0.2) is 29.2 Å². The Morgan fingerprint density at radius 2 is 2.10 bits per heavy atom. The highest BCUT2D eigenvalue weighted by atomic mass is 16.7. The van der Waals surface area contributed by atoms with Crippen molar-refractivity contribution in [2.45, 2.75) is 25.4 Å². The number of fused-ring (bicyclic) bond motifs is 2. The summed E-state index contributed by atoms with van der Waals surface area (Å²) in [5.74, 6) is 1.63. The third kappa shape index (κ3) is 3.53. The lowest BCUT2D eigenvalue weighted by molar-refractivity contribution is 0.0914. The minimum Gasteiger partial charge on any atom is -0.471 e. The van der Waals surface area contributed by atoms with E-state index in [-0.39, 0.29) is 43.9 Å². The van der Waals surface area contributed by atoms with E-state index in [1.807, 2.05) is 0 Å². The molecule has 2 aliphatic rings. The number of hydrogen-bond acceptors (Lipinski definition) is 11. The van der Waals surface area contributed by atoms with Gasteiger partial charge < -0.3 is 29.3 Å². The largest absolute Gasteiger partial charge is 0.471 e. The van der Waals surface area contributed by atoms with Gasteiger partial charge in [-0.05, 0) is 22.9 Å². The standard InChI is InChI=1S/C18H19N7O6/c1-23-15(27)7-29-17-16(23)18(28)24(8-19-17)6-14-20-22-25(21-14)5-11(26)10-2-3-12-13(4-10)31-9-30-12/h2-4,8,11,15,26-27H,5-7,9H2,1H3/t11-,15?/m0/s1. The van der Waals surface area contributed by atoms with Crippen LogP contribution in [0, 0.1) is 0 Å². The second-order valence-electron chi connectivity index (χ2n) is 7.12. The van der Waals surface area contributed by atoms with Crippen LogP contribution in [-0.4, -0.2) is 66.6 Å². The summed E-state index contributed by atoms with van der Waals surface area (Å²) in [5, 5.41) is 32.5. The first kappa shape index (κ1) is 19.3. The molecule has 0 aliphatic carbocycles. The molecule has 13 nitrogen and oxygen atoms in total. The predicted molar refractivity (Wildman–Crippen MR) is 103 cm³/mol. The fraction of sp³-hybridized carbons (Fsp3) is 0.389. The van der Waals surface area contributed by atoms with Gasteiger partial charge in [-0.1, -0.05) is 6.07 Å². The molecule has 0 radical (unpaired) electrons. The summed E-state index contributed by atoms with van der Waals surface area (Å²) in [5.41, 5.74) is 0.384. The molecule has 5 rings (SSSR count). The van der Waals surface area contributed by atoms with Gasteiger partial charge in [-0.25, -0.2) is 4.98 Å². The van der Waals surface area contributed by atoms with E-state index >= 15 is 0 Å². The maximum atomic E-state index is 12.8. The smallest absolute Gasteiger partial charge is 0.281 e. The van der Waals surface area contributed by atoms with Crippen LogP contribution in [-0.2, 0) is 13.1 Å². The van der Waals surface area contributed by atoms with Gasteiger partial charge in [-0.15, -0.1) is 10.2 Å². The van der Waals surface area contributed by atoms with Crippen molar-refractivity contribution >= 4 is 5.69 Å². The molecule has 31 heavy (non-hydrogen) atoms. The van der Waals surface area contributed by atoms with Crippen molar-refractivity contribution in [1.29, 1.82) is 0 Å². The summed E-state index contributed by atoms with van der Waals surface area (Å²) in [6.07, 6.45) is -0.499. The molecule has 2 aromatic heterocycles.